The van der Waals surface area contributed by atoms with Crippen LogP contribution >= 0.6 is 11.6 Å². The van der Waals surface area contributed by atoms with Crippen LogP contribution in [0.2, 0.25) is 5.02 Å². The Morgan fingerprint density at radius 3 is 2.81 bits per heavy atom. The van der Waals surface area contributed by atoms with Crippen molar-refractivity contribution in [3.05, 3.63) is 52.9 Å². The Hall–Kier alpha value is -1.74. The van der Waals surface area contributed by atoms with Crippen molar-refractivity contribution in [1.82, 2.24) is 0 Å². The highest BCUT2D eigenvalue weighted by molar-refractivity contribution is 6.31. The van der Waals surface area contributed by atoms with Gasteiger partial charge in [0, 0.05) is 5.02 Å². The molecule has 0 unspecified atom stereocenters. The summed E-state index contributed by atoms with van der Waals surface area (Å²) >= 11 is 5.82. The highest BCUT2D eigenvalue weighted by atomic mass is 35.5. The van der Waals surface area contributed by atoms with Crippen LogP contribution in [0.4, 0.5) is 0 Å². The first-order valence-corrected chi connectivity index (χ1v) is 5.00. The number of furan rings is 1. The number of ether oxygens (including phenoxy) is 1. The second kappa shape index (κ2) is 4.41. The molecular weight excluding hydrogens is 228 g/mol. The third-order valence-corrected chi connectivity index (χ3v) is 2.43. The Bertz CT molecular complexity index is 503. The molecule has 2 rings (SSSR count). The fourth-order valence-electron chi connectivity index (χ4n) is 1.40. The summed E-state index contributed by atoms with van der Waals surface area (Å²) in [5.74, 6) is 0.306. The van der Waals surface area contributed by atoms with E-state index in [0.29, 0.717) is 21.9 Å². The van der Waals surface area contributed by atoms with Gasteiger partial charge in [-0.1, -0.05) is 11.6 Å². The molecule has 1 aromatic carbocycles. The average molecular weight is 237 g/mol. The van der Waals surface area contributed by atoms with Gasteiger partial charge in [-0.15, -0.1) is 0 Å². The van der Waals surface area contributed by atoms with Crippen LogP contribution in [0.15, 0.2) is 41.2 Å². The molecule has 3 nitrogen and oxygen atoms in total. The summed E-state index contributed by atoms with van der Waals surface area (Å²) in [6.45, 7) is 0. The van der Waals surface area contributed by atoms with Crippen LogP contribution in [0.5, 0.6) is 5.75 Å². The standard InChI is InChI=1S/C12H9ClO3/c1-15-11-6-9(13)2-3-10(11)12(14)8-4-5-16-7-8/h2-7H,1H3. The van der Waals surface area contributed by atoms with Gasteiger partial charge in [0.2, 0.25) is 0 Å². The van der Waals surface area contributed by atoms with Crippen molar-refractivity contribution in [3.8, 4) is 5.75 Å². The van der Waals surface area contributed by atoms with Crippen LogP contribution in [-0.4, -0.2) is 12.9 Å². The van der Waals surface area contributed by atoms with Gasteiger partial charge in [0.05, 0.1) is 24.5 Å². The molecule has 1 heterocycles. The van der Waals surface area contributed by atoms with E-state index < -0.39 is 0 Å². The predicted molar refractivity (Wildman–Crippen MR) is 60.1 cm³/mol. The zero-order chi connectivity index (χ0) is 11.5. The number of halogens is 1. The molecule has 0 saturated carbocycles. The summed E-state index contributed by atoms with van der Waals surface area (Å²) < 4.78 is 9.98. The number of ketones is 1. The minimum absolute atomic E-state index is 0.151. The molecule has 1 aromatic heterocycles. The van der Waals surface area contributed by atoms with E-state index in [4.69, 9.17) is 20.8 Å². The quantitative estimate of drug-likeness (QED) is 0.769. The lowest BCUT2D eigenvalue weighted by molar-refractivity contribution is 0.103. The molecule has 0 N–H and O–H groups in total. The maximum atomic E-state index is 12.0. The normalized spacial score (nSPS) is 10.1. The van der Waals surface area contributed by atoms with E-state index in [1.54, 1.807) is 24.3 Å². The summed E-state index contributed by atoms with van der Waals surface area (Å²) in [7, 11) is 1.50. The van der Waals surface area contributed by atoms with Crippen molar-refractivity contribution in [2.24, 2.45) is 0 Å². The molecule has 0 atom stereocenters. The highest BCUT2D eigenvalue weighted by Crippen LogP contribution is 2.25. The zero-order valence-electron chi connectivity index (χ0n) is 8.57. The van der Waals surface area contributed by atoms with Gasteiger partial charge in [0.1, 0.15) is 12.0 Å². The van der Waals surface area contributed by atoms with Crippen LogP contribution in [-0.2, 0) is 0 Å². The number of benzene rings is 1. The van der Waals surface area contributed by atoms with Crippen LogP contribution < -0.4 is 4.74 Å². The van der Waals surface area contributed by atoms with Gasteiger partial charge in [-0.2, -0.15) is 0 Å². The van der Waals surface area contributed by atoms with Crippen LogP contribution in [0.1, 0.15) is 15.9 Å². The summed E-state index contributed by atoms with van der Waals surface area (Å²) in [6.07, 6.45) is 2.85. The Morgan fingerprint density at radius 1 is 1.38 bits per heavy atom. The van der Waals surface area contributed by atoms with E-state index in [2.05, 4.69) is 0 Å². The van der Waals surface area contributed by atoms with Gasteiger partial charge in [-0.05, 0) is 24.3 Å². The van der Waals surface area contributed by atoms with Gasteiger partial charge in [0.25, 0.3) is 0 Å². The lowest BCUT2D eigenvalue weighted by Crippen LogP contribution is -2.02. The summed E-state index contributed by atoms with van der Waals surface area (Å²) in [5, 5.41) is 0.528. The smallest absolute Gasteiger partial charge is 0.199 e. The summed E-state index contributed by atoms with van der Waals surface area (Å²) in [6, 6.07) is 6.50. The van der Waals surface area contributed by atoms with Crippen molar-refractivity contribution in [2.45, 2.75) is 0 Å². The van der Waals surface area contributed by atoms with E-state index in [9.17, 15) is 4.79 Å². The van der Waals surface area contributed by atoms with Gasteiger partial charge < -0.3 is 9.15 Å². The number of hydrogen-bond donors (Lipinski definition) is 0. The molecule has 0 spiro atoms. The van der Waals surface area contributed by atoms with Crippen molar-refractivity contribution >= 4 is 17.4 Å². The molecule has 2 aromatic rings. The minimum Gasteiger partial charge on any atom is -0.496 e. The first-order valence-electron chi connectivity index (χ1n) is 4.63. The topological polar surface area (TPSA) is 39.4 Å². The minimum atomic E-state index is -0.151. The van der Waals surface area contributed by atoms with Crippen molar-refractivity contribution in [2.75, 3.05) is 7.11 Å². The first-order chi connectivity index (χ1) is 7.72. The molecule has 0 aliphatic rings. The van der Waals surface area contributed by atoms with E-state index in [-0.39, 0.29) is 5.78 Å². The third kappa shape index (κ3) is 1.95. The van der Waals surface area contributed by atoms with Crippen LogP contribution in [0.25, 0.3) is 0 Å². The second-order valence-electron chi connectivity index (χ2n) is 3.19. The Morgan fingerprint density at radius 2 is 2.19 bits per heavy atom. The van der Waals surface area contributed by atoms with Gasteiger partial charge in [-0.25, -0.2) is 0 Å². The molecule has 0 amide bonds. The molecule has 82 valence electrons. The number of carbonyl (C=O) groups excluding carboxylic acids is 1. The van der Waals surface area contributed by atoms with Crippen LogP contribution in [0, 0.1) is 0 Å². The third-order valence-electron chi connectivity index (χ3n) is 2.19. The second-order valence-corrected chi connectivity index (χ2v) is 3.62. The molecule has 0 fully saturated rings. The number of carbonyl (C=O) groups is 1. The zero-order valence-corrected chi connectivity index (χ0v) is 9.32. The molecule has 0 aliphatic heterocycles. The molecule has 0 bridgehead atoms. The number of methoxy groups -OCH3 is 1. The molecule has 0 radical (unpaired) electrons. The Balaban J connectivity index is 2.44. The van der Waals surface area contributed by atoms with Gasteiger partial charge in [0.15, 0.2) is 5.78 Å². The summed E-state index contributed by atoms with van der Waals surface area (Å²) in [4.78, 5) is 12.0. The molecule has 0 aliphatic carbocycles. The lowest BCUT2D eigenvalue weighted by Gasteiger charge is -2.06. The Kier molecular flexibility index (Phi) is 2.97. The number of rotatable bonds is 3. The molecule has 0 saturated heterocycles. The van der Waals surface area contributed by atoms with Gasteiger partial charge >= 0.3 is 0 Å². The van der Waals surface area contributed by atoms with E-state index in [0.717, 1.165) is 0 Å². The highest BCUT2D eigenvalue weighted by Gasteiger charge is 2.15. The maximum absolute atomic E-state index is 12.0. The lowest BCUT2D eigenvalue weighted by atomic mass is 10.1. The Labute approximate surface area is 97.6 Å². The van der Waals surface area contributed by atoms with Crippen LogP contribution in [0.3, 0.4) is 0 Å². The van der Waals surface area contributed by atoms with E-state index in [1.165, 1.54) is 19.6 Å². The molecule has 4 heteroatoms. The molecular formula is C12H9ClO3. The fourth-order valence-corrected chi connectivity index (χ4v) is 1.56. The molecule has 16 heavy (non-hydrogen) atoms. The van der Waals surface area contributed by atoms with Gasteiger partial charge in [-0.3, -0.25) is 4.79 Å². The maximum Gasteiger partial charge on any atom is 0.199 e. The van der Waals surface area contributed by atoms with Crippen molar-refractivity contribution in [3.63, 3.8) is 0 Å². The SMILES string of the molecule is COc1cc(Cl)ccc1C(=O)c1ccoc1. The predicted octanol–water partition coefficient (Wildman–Crippen LogP) is 3.17. The number of hydrogen-bond acceptors (Lipinski definition) is 3. The average Bonchev–Trinajstić information content (AvgIpc) is 2.81. The van der Waals surface area contributed by atoms with Crippen molar-refractivity contribution in [1.29, 1.82) is 0 Å². The summed E-state index contributed by atoms with van der Waals surface area (Å²) in [5.41, 5.74) is 0.953. The fraction of sp³-hybridized carbons (Fsp3) is 0.0833. The monoisotopic (exact) mass is 236 g/mol. The van der Waals surface area contributed by atoms with Crippen molar-refractivity contribution < 1.29 is 13.9 Å². The first kappa shape index (κ1) is 10.8. The largest absolute Gasteiger partial charge is 0.496 e. The van der Waals surface area contributed by atoms with E-state index >= 15 is 0 Å². The van der Waals surface area contributed by atoms with E-state index in [1.807, 2.05) is 0 Å².